The van der Waals surface area contributed by atoms with Crippen LogP contribution in [0.2, 0.25) is 0 Å². The van der Waals surface area contributed by atoms with Gasteiger partial charge in [0.1, 0.15) is 12.4 Å². The molecule has 0 radical (unpaired) electrons. The first-order valence-electron chi connectivity index (χ1n) is 10.4. The summed E-state index contributed by atoms with van der Waals surface area (Å²) in [5.41, 5.74) is 5.09. The first-order chi connectivity index (χ1) is 15.9. The van der Waals surface area contributed by atoms with Gasteiger partial charge in [0.05, 0.1) is 6.61 Å². The number of carbonyl (C=O) groups excluding carboxylic acids is 1. The molecule has 3 N–H and O–H groups in total. The molecule has 2 heterocycles. The molecule has 12 nitrogen and oxygen atoms in total. The fourth-order valence-corrected chi connectivity index (χ4v) is 3.34. The lowest BCUT2D eigenvalue weighted by atomic mass is 10.2. The third-order valence-corrected chi connectivity index (χ3v) is 5.05. The summed E-state index contributed by atoms with van der Waals surface area (Å²) in [7, 11) is 1.44. The Morgan fingerprint density at radius 3 is 2.61 bits per heavy atom. The molecule has 0 bridgehead atoms. The summed E-state index contributed by atoms with van der Waals surface area (Å²) in [6.07, 6.45) is 1.45. The molecule has 0 unspecified atom stereocenters. The van der Waals surface area contributed by atoms with Gasteiger partial charge in [0.25, 0.3) is 5.56 Å². The van der Waals surface area contributed by atoms with E-state index in [-0.39, 0.29) is 37.0 Å². The van der Waals surface area contributed by atoms with E-state index < -0.39 is 29.5 Å². The Hall–Kier alpha value is -3.93. The lowest BCUT2D eigenvalue weighted by molar-refractivity contribution is -0.119. The van der Waals surface area contributed by atoms with Crippen molar-refractivity contribution >= 4 is 17.4 Å². The minimum Gasteiger partial charge on any atom is -0.383 e. The van der Waals surface area contributed by atoms with Crippen molar-refractivity contribution in [2.45, 2.75) is 32.9 Å². The Balaban J connectivity index is 2.03. The van der Waals surface area contributed by atoms with Crippen molar-refractivity contribution in [3.8, 4) is 11.4 Å². The number of nitrogens with one attached hydrogen (secondary N) is 1. The Bertz CT molecular complexity index is 1270. The van der Waals surface area contributed by atoms with Crippen LogP contribution in [0.3, 0.4) is 0 Å². The van der Waals surface area contributed by atoms with Gasteiger partial charge in [-0.05, 0) is 6.42 Å². The number of hydrogen-bond donors (Lipinski definition) is 2. The number of nitrogen functional groups attached to an aromatic ring is 1. The molecule has 3 aromatic rings. The van der Waals surface area contributed by atoms with E-state index in [2.05, 4.69) is 10.1 Å². The number of aromatic nitrogens is 4. The second-order valence-electron chi connectivity index (χ2n) is 7.26. The zero-order valence-electron chi connectivity index (χ0n) is 18.4. The lowest BCUT2D eigenvalue weighted by Gasteiger charge is -2.24. The van der Waals surface area contributed by atoms with E-state index in [0.717, 1.165) is 15.9 Å². The third kappa shape index (κ3) is 5.12. The highest BCUT2D eigenvalue weighted by atomic mass is 16.5. The average Bonchev–Trinajstić information content (AvgIpc) is 3.16. The molecule has 0 saturated carbocycles. The van der Waals surface area contributed by atoms with Crippen LogP contribution in [0.1, 0.15) is 19.8 Å². The number of carbonyl (C=O) groups is 1. The molecule has 1 amide bonds. The molecule has 0 atom stereocenters. The van der Waals surface area contributed by atoms with Crippen LogP contribution in [0.4, 0.5) is 11.5 Å². The number of benzene rings is 1. The van der Waals surface area contributed by atoms with Crippen LogP contribution in [0.15, 0.2) is 49.2 Å². The first-order valence-corrected chi connectivity index (χ1v) is 10.4. The number of aromatic amines is 1. The maximum Gasteiger partial charge on any atom is 0.442 e. The number of nitrogens with two attached hydrogens (primary N) is 1. The van der Waals surface area contributed by atoms with Crippen LogP contribution < -0.4 is 27.6 Å². The Labute approximate surface area is 188 Å². The topological polar surface area (TPSA) is 158 Å². The highest BCUT2D eigenvalue weighted by molar-refractivity contribution is 5.95. The van der Waals surface area contributed by atoms with Crippen LogP contribution in [-0.4, -0.2) is 45.4 Å². The summed E-state index contributed by atoms with van der Waals surface area (Å²) in [4.78, 5) is 53.8. The minimum absolute atomic E-state index is 0.0324. The second kappa shape index (κ2) is 10.6. The number of methoxy groups -OCH3 is 1. The molecule has 0 aliphatic carbocycles. The number of H-pyrrole nitrogens is 1. The van der Waals surface area contributed by atoms with Gasteiger partial charge in [0.15, 0.2) is 11.5 Å². The summed E-state index contributed by atoms with van der Waals surface area (Å²) < 4.78 is 12.1. The van der Waals surface area contributed by atoms with Gasteiger partial charge in [-0.1, -0.05) is 48.8 Å². The number of unbranched alkanes of at least 4 members (excludes halogenated alkanes) is 1. The van der Waals surface area contributed by atoms with Crippen molar-refractivity contribution in [2.24, 2.45) is 0 Å². The third-order valence-electron chi connectivity index (χ3n) is 5.05. The predicted octanol–water partition coefficient (Wildman–Crippen LogP) is 0.415. The summed E-state index contributed by atoms with van der Waals surface area (Å²) in [6.45, 7) is 1.81. The zero-order chi connectivity index (χ0) is 24.0. The molecular formula is C21H26N6O6. The quantitative estimate of drug-likeness (QED) is 0.442. The van der Waals surface area contributed by atoms with Gasteiger partial charge in [-0.2, -0.15) is 0 Å². The van der Waals surface area contributed by atoms with E-state index in [9.17, 15) is 19.2 Å². The Kier molecular flexibility index (Phi) is 7.61. The van der Waals surface area contributed by atoms with Gasteiger partial charge in [-0.25, -0.2) is 14.2 Å². The van der Waals surface area contributed by atoms with Crippen LogP contribution in [0.25, 0.3) is 11.4 Å². The Morgan fingerprint density at radius 1 is 1.21 bits per heavy atom. The van der Waals surface area contributed by atoms with Gasteiger partial charge in [0.2, 0.25) is 5.91 Å². The van der Waals surface area contributed by atoms with Crippen LogP contribution in [-0.2, 0) is 22.6 Å². The van der Waals surface area contributed by atoms with Crippen molar-refractivity contribution in [3.05, 3.63) is 61.7 Å². The predicted molar refractivity (Wildman–Crippen MR) is 121 cm³/mol. The van der Waals surface area contributed by atoms with Crippen molar-refractivity contribution in [2.75, 3.05) is 30.9 Å². The molecule has 2 aromatic heterocycles. The molecule has 1 aromatic carbocycles. The normalized spacial score (nSPS) is 11.0. The molecule has 0 fully saturated rings. The van der Waals surface area contributed by atoms with E-state index >= 15 is 0 Å². The second-order valence-corrected chi connectivity index (χ2v) is 7.26. The zero-order valence-corrected chi connectivity index (χ0v) is 18.4. The highest BCUT2D eigenvalue weighted by Crippen LogP contribution is 2.19. The maximum absolute atomic E-state index is 13.3. The Morgan fingerprint density at radius 2 is 1.94 bits per heavy atom. The van der Waals surface area contributed by atoms with E-state index in [1.54, 1.807) is 30.3 Å². The van der Waals surface area contributed by atoms with Crippen LogP contribution in [0.5, 0.6) is 0 Å². The molecule has 0 saturated heterocycles. The standard InChI is InChI=1S/C21H26N6O6/c1-3-4-10-26-17(22)16(19(29)23-20(26)30)25(11-12-32-2)15(28)13-27-18(24-33-21(27)31)14-8-6-5-7-9-14/h5-9H,3-4,10-13,22H2,1-2H3,(H,23,29,30). The van der Waals surface area contributed by atoms with E-state index in [4.69, 9.17) is 15.0 Å². The van der Waals surface area contributed by atoms with E-state index in [1.807, 2.05) is 6.92 Å². The molecule has 3 rings (SSSR count). The van der Waals surface area contributed by atoms with Crippen molar-refractivity contribution in [3.63, 3.8) is 0 Å². The number of nitrogens with zero attached hydrogens (tertiary/aromatic N) is 4. The van der Waals surface area contributed by atoms with Crippen molar-refractivity contribution in [1.82, 2.24) is 19.3 Å². The summed E-state index contributed by atoms with van der Waals surface area (Å²) >= 11 is 0. The molecule has 0 aliphatic heterocycles. The molecule has 0 spiro atoms. The van der Waals surface area contributed by atoms with Gasteiger partial charge < -0.3 is 15.4 Å². The maximum atomic E-state index is 13.3. The molecule has 12 heteroatoms. The molecule has 0 aliphatic rings. The molecule has 176 valence electrons. The van der Waals surface area contributed by atoms with E-state index in [1.165, 1.54) is 11.7 Å². The highest BCUT2D eigenvalue weighted by Gasteiger charge is 2.26. The average molecular weight is 458 g/mol. The largest absolute Gasteiger partial charge is 0.442 e. The minimum atomic E-state index is -0.830. The summed E-state index contributed by atoms with van der Waals surface area (Å²) in [6, 6.07) is 8.74. The lowest BCUT2D eigenvalue weighted by Crippen LogP contribution is -2.44. The van der Waals surface area contributed by atoms with Gasteiger partial charge in [-0.15, -0.1) is 0 Å². The number of amides is 1. The fraction of sp³-hybridized carbons (Fsp3) is 0.381. The van der Waals surface area contributed by atoms with E-state index in [0.29, 0.717) is 12.0 Å². The summed E-state index contributed by atoms with van der Waals surface area (Å²) in [5.74, 6) is -1.44. The van der Waals surface area contributed by atoms with Gasteiger partial charge in [-0.3, -0.25) is 23.7 Å². The van der Waals surface area contributed by atoms with Crippen LogP contribution in [0, 0.1) is 0 Å². The summed E-state index contributed by atoms with van der Waals surface area (Å²) in [5, 5.41) is 3.77. The first kappa shape index (κ1) is 23.7. The number of anilines is 2. The number of ether oxygens (including phenoxy) is 1. The molecule has 33 heavy (non-hydrogen) atoms. The van der Waals surface area contributed by atoms with Crippen molar-refractivity contribution < 1.29 is 14.1 Å². The number of rotatable bonds is 10. The fourth-order valence-electron chi connectivity index (χ4n) is 3.34. The van der Waals surface area contributed by atoms with Gasteiger partial charge >= 0.3 is 11.4 Å². The monoisotopic (exact) mass is 458 g/mol. The van der Waals surface area contributed by atoms with Crippen LogP contribution >= 0.6 is 0 Å². The molecular weight excluding hydrogens is 432 g/mol. The number of hydrogen-bond acceptors (Lipinski definition) is 8. The smallest absolute Gasteiger partial charge is 0.383 e. The van der Waals surface area contributed by atoms with Gasteiger partial charge in [0, 0.05) is 25.8 Å². The van der Waals surface area contributed by atoms with Crippen molar-refractivity contribution in [1.29, 1.82) is 0 Å². The SMILES string of the molecule is CCCCn1c(N)c(N(CCOC)C(=O)Cn2c(-c3ccccc3)noc2=O)c(=O)[nH]c1=O.